The van der Waals surface area contributed by atoms with Gasteiger partial charge in [-0.2, -0.15) is 13.2 Å². The summed E-state index contributed by atoms with van der Waals surface area (Å²) < 4.78 is 36.9. The normalized spacial score (nSPS) is 32.7. The molecule has 0 saturated heterocycles. The van der Waals surface area contributed by atoms with Gasteiger partial charge in [-0.1, -0.05) is 6.92 Å². The van der Waals surface area contributed by atoms with Crippen molar-refractivity contribution in [2.75, 3.05) is 0 Å². The van der Waals surface area contributed by atoms with Crippen molar-refractivity contribution in [2.45, 2.75) is 50.8 Å². The molecule has 1 N–H and O–H groups in total. The fraction of sp³-hybridized carbons (Fsp3) is 0.900. The molecule has 0 spiro atoms. The number of hydrogen-bond acceptors (Lipinski definition) is 2. The van der Waals surface area contributed by atoms with Crippen LogP contribution in [0.15, 0.2) is 0 Å². The molecule has 0 heterocycles. The number of carbonyl (C=O) groups is 1. The molecule has 0 aromatic heterocycles. The Balaban J connectivity index is 2.59. The SMILES string of the molecule is CCC(=O)C1(O)CCC(C(F)(F)F)CC1. The molecular weight excluding hydrogens is 209 g/mol. The summed E-state index contributed by atoms with van der Waals surface area (Å²) in [5, 5.41) is 9.81. The number of rotatable bonds is 2. The highest BCUT2D eigenvalue weighted by Gasteiger charge is 2.47. The summed E-state index contributed by atoms with van der Waals surface area (Å²) in [6.07, 6.45) is -4.45. The van der Waals surface area contributed by atoms with Crippen molar-refractivity contribution in [3.8, 4) is 0 Å². The molecule has 0 unspecified atom stereocenters. The molecule has 88 valence electrons. The summed E-state index contributed by atoms with van der Waals surface area (Å²) in [4.78, 5) is 11.3. The monoisotopic (exact) mass is 224 g/mol. The van der Waals surface area contributed by atoms with Crippen LogP contribution < -0.4 is 0 Å². The van der Waals surface area contributed by atoms with Crippen molar-refractivity contribution in [3.63, 3.8) is 0 Å². The van der Waals surface area contributed by atoms with Crippen LogP contribution in [-0.4, -0.2) is 22.7 Å². The van der Waals surface area contributed by atoms with Crippen LogP contribution in [0.4, 0.5) is 13.2 Å². The molecule has 2 nitrogen and oxygen atoms in total. The molecule has 1 fully saturated rings. The van der Waals surface area contributed by atoms with E-state index in [1.54, 1.807) is 6.92 Å². The minimum absolute atomic E-state index is 0.0656. The second-order valence-corrected chi connectivity index (χ2v) is 4.12. The summed E-state index contributed by atoms with van der Waals surface area (Å²) in [6, 6.07) is 0. The number of halogens is 3. The van der Waals surface area contributed by atoms with Gasteiger partial charge < -0.3 is 5.11 Å². The van der Waals surface area contributed by atoms with Crippen molar-refractivity contribution in [2.24, 2.45) is 5.92 Å². The van der Waals surface area contributed by atoms with Crippen LogP contribution in [0.3, 0.4) is 0 Å². The van der Waals surface area contributed by atoms with E-state index in [9.17, 15) is 23.1 Å². The van der Waals surface area contributed by atoms with Crippen molar-refractivity contribution in [1.29, 1.82) is 0 Å². The van der Waals surface area contributed by atoms with E-state index in [2.05, 4.69) is 0 Å². The summed E-state index contributed by atoms with van der Waals surface area (Å²) >= 11 is 0. The summed E-state index contributed by atoms with van der Waals surface area (Å²) in [5.74, 6) is -1.70. The summed E-state index contributed by atoms with van der Waals surface area (Å²) in [5.41, 5.74) is -1.50. The molecule has 0 radical (unpaired) electrons. The molecule has 0 bridgehead atoms. The van der Waals surface area contributed by atoms with Crippen LogP contribution in [0.1, 0.15) is 39.0 Å². The molecule has 1 aliphatic rings. The molecule has 0 amide bonds. The van der Waals surface area contributed by atoms with Crippen LogP contribution >= 0.6 is 0 Å². The van der Waals surface area contributed by atoms with E-state index in [1.165, 1.54) is 0 Å². The van der Waals surface area contributed by atoms with Crippen LogP contribution in [-0.2, 0) is 4.79 Å². The predicted octanol–water partition coefficient (Wildman–Crippen LogP) is 2.45. The maximum Gasteiger partial charge on any atom is 0.391 e. The van der Waals surface area contributed by atoms with Crippen molar-refractivity contribution < 1.29 is 23.1 Å². The number of carbonyl (C=O) groups excluding carboxylic acids is 1. The lowest BCUT2D eigenvalue weighted by Gasteiger charge is -2.35. The highest BCUT2D eigenvalue weighted by atomic mass is 19.4. The van der Waals surface area contributed by atoms with Crippen LogP contribution in [0.2, 0.25) is 0 Å². The third-order valence-corrected chi connectivity index (χ3v) is 3.12. The first-order valence-corrected chi connectivity index (χ1v) is 5.12. The maximum atomic E-state index is 12.3. The molecule has 0 aromatic carbocycles. The van der Waals surface area contributed by atoms with Gasteiger partial charge in [0.1, 0.15) is 5.60 Å². The second-order valence-electron chi connectivity index (χ2n) is 4.12. The molecule has 15 heavy (non-hydrogen) atoms. The van der Waals surface area contributed by atoms with E-state index in [0.717, 1.165) is 0 Å². The van der Waals surface area contributed by atoms with Gasteiger partial charge in [0, 0.05) is 6.42 Å². The smallest absolute Gasteiger partial charge is 0.382 e. The molecule has 1 aliphatic carbocycles. The van der Waals surface area contributed by atoms with Gasteiger partial charge in [0.2, 0.25) is 0 Å². The minimum atomic E-state index is -4.20. The number of hydrogen-bond donors (Lipinski definition) is 1. The molecule has 0 aliphatic heterocycles. The highest BCUT2D eigenvalue weighted by molar-refractivity contribution is 5.86. The van der Waals surface area contributed by atoms with E-state index in [-0.39, 0.29) is 37.9 Å². The van der Waals surface area contributed by atoms with Gasteiger partial charge >= 0.3 is 6.18 Å². The first-order chi connectivity index (χ1) is 6.79. The number of Topliss-reactive ketones (excluding diaryl/α,β-unsaturated/α-hetero) is 1. The molecule has 1 rings (SSSR count). The quantitative estimate of drug-likeness (QED) is 0.782. The van der Waals surface area contributed by atoms with E-state index in [1.807, 2.05) is 0 Å². The lowest BCUT2D eigenvalue weighted by atomic mass is 9.76. The van der Waals surface area contributed by atoms with Crippen molar-refractivity contribution >= 4 is 5.78 Å². The van der Waals surface area contributed by atoms with Gasteiger partial charge in [0.15, 0.2) is 5.78 Å². The number of aliphatic hydroxyl groups is 1. The topological polar surface area (TPSA) is 37.3 Å². The Morgan fingerprint density at radius 2 is 1.87 bits per heavy atom. The summed E-state index contributed by atoms with van der Waals surface area (Å²) in [7, 11) is 0. The average Bonchev–Trinajstić information content (AvgIpc) is 2.15. The summed E-state index contributed by atoms with van der Waals surface area (Å²) in [6.45, 7) is 1.61. The fourth-order valence-electron chi connectivity index (χ4n) is 2.03. The fourth-order valence-corrected chi connectivity index (χ4v) is 2.03. The zero-order chi connectivity index (χ0) is 11.7. The number of ketones is 1. The first-order valence-electron chi connectivity index (χ1n) is 5.12. The van der Waals surface area contributed by atoms with Gasteiger partial charge in [-0.25, -0.2) is 0 Å². The third kappa shape index (κ3) is 2.71. The second kappa shape index (κ2) is 4.12. The lowest BCUT2D eigenvalue weighted by molar-refractivity contribution is -0.193. The Morgan fingerprint density at radius 3 is 2.20 bits per heavy atom. The lowest BCUT2D eigenvalue weighted by Crippen LogP contribution is -2.44. The number of alkyl halides is 3. The molecule has 5 heteroatoms. The average molecular weight is 224 g/mol. The largest absolute Gasteiger partial charge is 0.391 e. The van der Waals surface area contributed by atoms with E-state index >= 15 is 0 Å². The maximum absolute atomic E-state index is 12.3. The Hall–Kier alpha value is -0.580. The Bertz CT molecular complexity index is 240. The van der Waals surface area contributed by atoms with Gasteiger partial charge in [-0.3, -0.25) is 4.79 Å². The Kier molecular flexibility index (Phi) is 3.43. The zero-order valence-corrected chi connectivity index (χ0v) is 8.60. The Morgan fingerprint density at radius 1 is 1.40 bits per heavy atom. The van der Waals surface area contributed by atoms with E-state index in [0.29, 0.717) is 0 Å². The van der Waals surface area contributed by atoms with Crippen LogP contribution in [0, 0.1) is 5.92 Å². The molecule has 0 atom stereocenters. The zero-order valence-electron chi connectivity index (χ0n) is 8.60. The highest BCUT2D eigenvalue weighted by Crippen LogP contribution is 2.41. The van der Waals surface area contributed by atoms with Gasteiger partial charge in [-0.15, -0.1) is 0 Å². The van der Waals surface area contributed by atoms with Crippen molar-refractivity contribution in [1.82, 2.24) is 0 Å². The van der Waals surface area contributed by atoms with Gasteiger partial charge in [0.05, 0.1) is 5.92 Å². The Labute approximate surface area is 86.5 Å². The van der Waals surface area contributed by atoms with Crippen LogP contribution in [0.25, 0.3) is 0 Å². The van der Waals surface area contributed by atoms with Gasteiger partial charge in [0.25, 0.3) is 0 Å². The standard InChI is InChI=1S/C10H15F3O2/c1-2-8(14)9(15)5-3-7(4-6-9)10(11,12)13/h7,15H,2-6H2,1H3. The first kappa shape index (κ1) is 12.5. The molecule has 0 aromatic rings. The van der Waals surface area contributed by atoms with Crippen LogP contribution in [0.5, 0.6) is 0 Å². The van der Waals surface area contributed by atoms with E-state index in [4.69, 9.17) is 0 Å². The van der Waals surface area contributed by atoms with Crippen molar-refractivity contribution in [3.05, 3.63) is 0 Å². The molecular formula is C10H15F3O2. The third-order valence-electron chi connectivity index (χ3n) is 3.12. The minimum Gasteiger partial charge on any atom is -0.382 e. The van der Waals surface area contributed by atoms with Gasteiger partial charge in [-0.05, 0) is 25.7 Å². The molecule has 1 saturated carbocycles. The van der Waals surface area contributed by atoms with E-state index < -0.39 is 17.7 Å². The predicted molar refractivity (Wildman–Crippen MR) is 48.3 cm³/mol.